The van der Waals surface area contributed by atoms with Gasteiger partial charge in [-0.25, -0.2) is 4.79 Å². The number of rotatable bonds is 1. The zero-order valence-corrected chi connectivity index (χ0v) is 6.39. The van der Waals surface area contributed by atoms with Crippen molar-refractivity contribution in [3.05, 3.63) is 12.2 Å². The summed E-state index contributed by atoms with van der Waals surface area (Å²) in [5.74, 6) is -0.347. The Morgan fingerprint density at radius 2 is 2.00 bits per heavy atom. The fraction of sp³-hybridized carbons (Fsp3) is 0.400. The normalized spacial score (nSPS) is 6.75. The Bertz CT molecular complexity index is 98.6. The SMILES string of the molecule is C=C(C)C(=O)OC.[Pd]. The van der Waals surface area contributed by atoms with E-state index in [9.17, 15) is 4.79 Å². The minimum absolute atomic E-state index is 0. The predicted molar refractivity (Wildman–Crippen MR) is 26.8 cm³/mol. The van der Waals surface area contributed by atoms with Crippen LogP contribution in [0.1, 0.15) is 6.92 Å². The second-order valence-corrected chi connectivity index (χ2v) is 1.27. The van der Waals surface area contributed by atoms with Gasteiger partial charge in [-0.15, -0.1) is 0 Å². The monoisotopic (exact) mass is 206 g/mol. The standard InChI is InChI=1S/C5H8O2.Pd/c1-4(2)5(6)7-3;/h1H2,2-3H3;. The minimum Gasteiger partial charge on any atom is -0.466 e. The van der Waals surface area contributed by atoms with Crippen LogP contribution in [0.2, 0.25) is 0 Å². The summed E-state index contributed by atoms with van der Waals surface area (Å²) < 4.78 is 4.27. The molecule has 0 unspecified atom stereocenters. The Morgan fingerprint density at radius 3 is 2.00 bits per heavy atom. The molecule has 0 aromatic heterocycles. The van der Waals surface area contributed by atoms with Gasteiger partial charge in [-0.05, 0) is 6.92 Å². The molecule has 0 saturated carbocycles. The molecule has 0 spiro atoms. The Morgan fingerprint density at radius 1 is 1.62 bits per heavy atom. The average molecular weight is 207 g/mol. The van der Waals surface area contributed by atoms with Crippen LogP contribution in [0.5, 0.6) is 0 Å². The van der Waals surface area contributed by atoms with Crippen LogP contribution >= 0.6 is 0 Å². The number of hydrogen-bond donors (Lipinski definition) is 0. The number of carbonyl (C=O) groups excluding carboxylic acids is 1. The molecule has 2 nitrogen and oxygen atoms in total. The summed E-state index contributed by atoms with van der Waals surface area (Å²) in [5, 5.41) is 0. The third kappa shape index (κ3) is 4.04. The van der Waals surface area contributed by atoms with Gasteiger partial charge in [0.05, 0.1) is 7.11 Å². The molecule has 0 rings (SSSR count). The molecule has 0 aliphatic heterocycles. The molecule has 0 atom stereocenters. The second kappa shape index (κ2) is 5.02. The third-order valence-corrected chi connectivity index (χ3v) is 0.534. The maximum atomic E-state index is 10.2. The minimum atomic E-state index is -0.347. The molecule has 0 aromatic rings. The molecule has 0 aliphatic rings. The fourth-order valence-electron chi connectivity index (χ4n) is 0.174. The summed E-state index contributed by atoms with van der Waals surface area (Å²) in [6.45, 7) is 4.95. The number of hydrogen-bond acceptors (Lipinski definition) is 2. The maximum Gasteiger partial charge on any atom is 0.332 e. The summed E-state index contributed by atoms with van der Waals surface area (Å²) in [6, 6.07) is 0. The molecule has 0 amide bonds. The first kappa shape index (κ1) is 10.8. The van der Waals surface area contributed by atoms with Gasteiger partial charge in [-0.2, -0.15) is 0 Å². The third-order valence-electron chi connectivity index (χ3n) is 0.534. The van der Waals surface area contributed by atoms with E-state index in [2.05, 4.69) is 11.3 Å². The summed E-state index contributed by atoms with van der Waals surface area (Å²) >= 11 is 0. The average Bonchev–Trinajstić information content (AvgIpc) is 1.65. The quantitative estimate of drug-likeness (QED) is 0.359. The number of methoxy groups -OCH3 is 1. The van der Waals surface area contributed by atoms with Gasteiger partial charge < -0.3 is 4.74 Å². The van der Waals surface area contributed by atoms with E-state index in [0.717, 1.165) is 0 Å². The molecular formula is C5H8O2Pd. The van der Waals surface area contributed by atoms with E-state index < -0.39 is 0 Å². The summed E-state index contributed by atoms with van der Waals surface area (Å²) in [4.78, 5) is 10.2. The van der Waals surface area contributed by atoms with Crippen LogP contribution < -0.4 is 0 Å². The van der Waals surface area contributed by atoms with E-state index in [1.165, 1.54) is 7.11 Å². The first-order valence-corrected chi connectivity index (χ1v) is 1.92. The van der Waals surface area contributed by atoms with Crippen LogP contribution in [0.25, 0.3) is 0 Å². The van der Waals surface area contributed by atoms with Crippen molar-refractivity contribution < 1.29 is 30.0 Å². The molecule has 0 aromatic carbocycles. The van der Waals surface area contributed by atoms with Crippen LogP contribution in [0.15, 0.2) is 12.2 Å². The first-order valence-electron chi connectivity index (χ1n) is 1.92. The van der Waals surface area contributed by atoms with E-state index >= 15 is 0 Å². The van der Waals surface area contributed by atoms with Crippen molar-refractivity contribution in [3.63, 3.8) is 0 Å². The molecule has 0 saturated heterocycles. The number of carbonyl (C=O) groups is 1. The van der Waals surface area contributed by atoms with Crippen LogP contribution in [0.3, 0.4) is 0 Å². The van der Waals surface area contributed by atoms with E-state index in [4.69, 9.17) is 0 Å². The largest absolute Gasteiger partial charge is 0.466 e. The van der Waals surface area contributed by atoms with E-state index in [0.29, 0.717) is 5.57 Å². The molecule has 0 fully saturated rings. The van der Waals surface area contributed by atoms with Crippen LogP contribution in [-0.4, -0.2) is 13.1 Å². The molecule has 50 valence electrons. The maximum absolute atomic E-state index is 10.2. The molecule has 0 radical (unpaired) electrons. The van der Waals surface area contributed by atoms with Gasteiger partial charge in [0.2, 0.25) is 0 Å². The molecule has 0 aliphatic carbocycles. The van der Waals surface area contributed by atoms with Crippen molar-refractivity contribution >= 4 is 5.97 Å². The Hall–Kier alpha value is -0.128. The zero-order chi connectivity index (χ0) is 5.86. The Balaban J connectivity index is 0. The molecule has 0 bridgehead atoms. The van der Waals surface area contributed by atoms with Crippen molar-refractivity contribution in [2.24, 2.45) is 0 Å². The van der Waals surface area contributed by atoms with Gasteiger partial charge in [0.15, 0.2) is 0 Å². The molecule has 3 heteroatoms. The topological polar surface area (TPSA) is 26.3 Å². The molecule has 8 heavy (non-hydrogen) atoms. The van der Waals surface area contributed by atoms with E-state index in [1.54, 1.807) is 6.92 Å². The van der Waals surface area contributed by atoms with Crippen LogP contribution in [0, 0.1) is 0 Å². The van der Waals surface area contributed by atoms with Crippen molar-refractivity contribution in [2.45, 2.75) is 6.92 Å². The summed E-state index contributed by atoms with van der Waals surface area (Å²) in [6.07, 6.45) is 0. The predicted octanol–water partition coefficient (Wildman–Crippen LogP) is 0.733. The zero-order valence-electron chi connectivity index (χ0n) is 4.84. The summed E-state index contributed by atoms with van der Waals surface area (Å²) in [5.41, 5.74) is 0.433. The first-order chi connectivity index (χ1) is 3.18. The summed E-state index contributed by atoms with van der Waals surface area (Å²) in [7, 11) is 1.33. The number of ether oxygens (including phenoxy) is 1. The van der Waals surface area contributed by atoms with Crippen LogP contribution in [0.4, 0.5) is 0 Å². The molecule has 0 heterocycles. The number of esters is 1. The van der Waals surface area contributed by atoms with E-state index in [1.807, 2.05) is 0 Å². The smallest absolute Gasteiger partial charge is 0.332 e. The van der Waals surface area contributed by atoms with Crippen molar-refractivity contribution in [2.75, 3.05) is 7.11 Å². The van der Waals surface area contributed by atoms with Crippen LogP contribution in [-0.2, 0) is 30.0 Å². The molecule has 0 N–H and O–H groups in total. The fourth-order valence-corrected chi connectivity index (χ4v) is 0.174. The van der Waals surface area contributed by atoms with Crippen molar-refractivity contribution in [3.8, 4) is 0 Å². The van der Waals surface area contributed by atoms with Gasteiger partial charge in [-0.1, -0.05) is 6.58 Å². The van der Waals surface area contributed by atoms with Gasteiger partial charge in [0, 0.05) is 26.0 Å². The van der Waals surface area contributed by atoms with Gasteiger partial charge in [0.1, 0.15) is 0 Å². The van der Waals surface area contributed by atoms with Crippen molar-refractivity contribution in [1.29, 1.82) is 0 Å². The Labute approximate surface area is 62.6 Å². The Kier molecular flexibility index (Phi) is 6.76. The van der Waals surface area contributed by atoms with E-state index in [-0.39, 0.29) is 26.4 Å². The second-order valence-electron chi connectivity index (χ2n) is 1.27. The molecular weight excluding hydrogens is 198 g/mol. The van der Waals surface area contributed by atoms with Gasteiger partial charge in [0.25, 0.3) is 0 Å². The van der Waals surface area contributed by atoms with Gasteiger partial charge >= 0.3 is 5.97 Å². The van der Waals surface area contributed by atoms with Crippen molar-refractivity contribution in [1.82, 2.24) is 0 Å². The van der Waals surface area contributed by atoms with Gasteiger partial charge in [-0.3, -0.25) is 0 Å².